The summed E-state index contributed by atoms with van der Waals surface area (Å²) < 4.78 is 0. The molecule has 1 heterocycles. The SMILES string of the molecule is CCC(C)c1cccc2c1NCC2. The van der Waals surface area contributed by atoms with Crippen LogP contribution in [0.25, 0.3) is 0 Å². The molecule has 0 saturated carbocycles. The number of hydrogen-bond donors (Lipinski definition) is 1. The maximum Gasteiger partial charge on any atom is 0.0408 e. The molecular formula is C12H17N. The van der Waals surface area contributed by atoms with E-state index < -0.39 is 0 Å². The molecule has 0 aromatic heterocycles. The van der Waals surface area contributed by atoms with Gasteiger partial charge in [0.15, 0.2) is 0 Å². The second-order valence-corrected chi connectivity index (χ2v) is 3.87. The molecule has 1 aromatic rings. The molecule has 1 heteroatoms. The van der Waals surface area contributed by atoms with Gasteiger partial charge in [0, 0.05) is 12.2 Å². The highest BCUT2D eigenvalue weighted by Crippen LogP contribution is 2.32. The Kier molecular flexibility index (Phi) is 2.26. The molecule has 13 heavy (non-hydrogen) atoms. The lowest BCUT2D eigenvalue weighted by Crippen LogP contribution is -1.98. The third-order valence-corrected chi connectivity index (χ3v) is 3.02. The van der Waals surface area contributed by atoms with Crippen LogP contribution in [0.5, 0.6) is 0 Å². The highest BCUT2D eigenvalue weighted by molar-refractivity contribution is 5.62. The summed E-state index contributed by atoms with van der Waals surface area (Å²) in [6, 6.07) is 6.68. The van der Waals surface area contributed by atoms with E-state index in [-0.39, 0.29) is 0 Å². The number of rotatable bonds is 2. The summed E-state index contributed by atoms with van der Waals surface area (Å²) in [6.45, 7) is 5.66. The van der Waals surface area contributed by atoms with E-state index in [0.717, 1.165) is 6.54 Å². The van der Waals surface area contributed by atoms with E-state index in [1.54, 1.807) is 0 Å². The fraction of sp³-hybridized carbons (Fsp3) is 0.500. The van der Waals surface area contributed by atoms with Gasteiger partial charge in [-0.3, -0.25) is 0 Å². The second-order valence-electron chi connectivity index (χ2n) is 3.87. The van der Waals surface area contributed by atoms with Crippen LogP contribution in [0.2, 0.25) is 0 Å². The molecular weight excluding hydrogens is 158 g/mol. The molecule has 0 spiro atoms. The molecule has 0 bridgehead atoms. The Bertz CT molecular complexity index is 304. The molecule has 1 aliphatic rings. The minimum atomic E-state index is 0.681. The molecule has 0 fully saturated rings. The van der Waals surface area contributed by atoms with Crippen molar-refractivity contribution in [3.63, 3.8) is 0 Å². The van der Waals surface area contributed by atoms with Gasteiger partial charge >= 0.3 is 0 Å². The van der Waals surface area contributed by atoms with Crippen LogP contribution in [-0.2, 0) is 6.42 Å². The summed E-state index contributed by atoms with van der Waals surface area (Å²) >= 11 is 0. The van der Waals surface area contributed by atoms with Crippen LogP contribution in [0.3, 0.4) is 0 Å². The molecule has 70 valence electrons. The van der Waals surface area contributed by atoms with Crippen molar-refractivity contribution in [2.24, 2.45) is 0 Å². The molecule has 0 radical (unpaired) electrons. The zero-order chi connectivity index (χ0) is 9.26. The lowest BCUT2D eigenvalue weighted by molar-refractivity contribution is 0.735. The van der Waals surface area contributed by atoms with Crippen molar-refractivity contribution >= 4 is 5.69 Å². The van der Waals surface area contributed by atoms with Gasteiger partial charge in [0.05, 0.1) is 0 Å². The monoisotopic (exact) mass is 175 g/mol. The van der Waals surface area contributed by atoms with Crippen LogP contribution in [0.15, 0.2) is 18.2 Å². The molecule has 1 aromatic carbocycles. The van der Waals surface area contributed by atoms with Gasteiger partial charge in [0.25, 0.3) is 0 Å². The average Bonchev–Trinajstić information content (AvgIpc) is 2.63. The van der Waals surface area contributed by atoms with Gasteiger partial charge in [0.1, 0.15) is 0 Å². The predicted octanol–water partition coefficient (Wildman–Crippen LogP) is 3.17. The van der Waals surface area contributed by atoms with Crippen molar-refractivity contribution in [2.75, 3.05) is 11.9 Å². The number of nitrogens with one attached hydrogen (secondary N) is 1. The lowest BCUT2D eigenvalue weighted by atomic mass is 9.95. The van der Waals surface area contributed by atoms with E-state index in [1.165, 1.54) is 29.7 Å². The highest BCUT2D eigenvalue weighted by Gasteiger charge is 2.15. The zero-order valence-electron chi connectivity index (χ0n) is 8.43. The third kappa shape index (κ3) is 1.43. The number of anilines is 1. The van der Waals surface area contributed by atoms with Crippen LogP contribution in [0.4, 0.5) is 5.69 Å². The van der Waals surface area contributed by atoms with Crippen molar-refractivity contribution in [3.8, 4) is 0 Å². The van der Waals surface area contributed by atoms with E-state index in [9.17, 15) is 0 Å². The third-order valence-electron chi connectivity index (χ3n) is 3.02. The van der Waals surface area contributed by atoms with Crippen LogP contribution in [0, 0.1) is 0 Å². The Hall–Kier alpha value is -0.980. The van der Waals surface area contributed by atoms with Crippen molar-refractivity contribution < 1.29 is 0 Å². The lowest BCUT2D eigenvalue weighted by Gasteiger charge is -2.14. The van der Waals surface area contributed by atoms with Crippen molar-refractivity contribution in [3.05, 3.63) is 29.3 Å². The summed E-state index contributed by atoms with van der Waals surface area (Å²) in [5.41, 5.74) is 4.41. The molecule has 0 amide bonds. The number of fused-ring (bicyclic) bond motifs is 1. The molecule has 2 rings (SSSR count). The predicted molar refractivity (Wildman–Crippen MR) is 57.3 cm³/mol. The topological polar surface area (TPSA) is 12.0 Å². The van der Waals surface area contributed by atoms with E-state index in [0.29, 0.717) is 5.92 Å². The highest BCUT2D eigenvalue weighted by atomic mass is 14.9. The van der Waals surface area contributed by atoms with Gasteiger partial charge in [-0.25, -0.2) is 0 Å². The Labute approximate surface area is 80.2 Å². The second kappa shape index (κ2) is 3.41. The largest absolute Gasteiger partial charge is 0.384 e. The standard InChI is InChI=1S/C12H17N/c1-3-9(2)11-6-4-5-10-7-8-13-12(10)11/h4-6,9,13H,3,7-8H2,1-2H3. The first kappa shape index (κ1) is 8.61. The Morgan fingerprint density at radius 3 is 3.08 bits per heavy atom. The van der Waals surface area contributed by atoms with Gasteiger partial charge in [-0.2, -0.15) is 0 Å². The summed E-state index contributed by atoms with van der Waals surface area (Å²) in [4.78, 5) is 0. The number of para-hydroxylation sites is 1. The van der Waals surface area contributed by atoms with Crippen molar-refractivity contribution in [1.82, 2.24) is 0 Å². The Balaban J connectivity index is 2.41. The van der Waals surface area contributed by atoms with Crippen molar-refractivity contribution in [2.45, 2.75) is 32.6 Å². The number of hydrogen-bond acceptors (Lipinski definition) is 1. The minimum absolute atomic E-state index is 0.681. The van der Waals surface area contributed by atoms with Gasteiger partial charge in [-0.15, -0.1) is 0 Å². The van der Waals surface area contributed by atoms with Gasteiger partial charge in [-0.1, -0.05) is 32.0 Å². The number of benzene rings is 1. The Morgan fingerprint density at radius 2 is 2.31 bits per heavy atom. The quantitative estimate of drug-likeness (QED) is 0.728. The summed E-state index contributed by atoms with van der Waals surface area (Å²) in [5.74, 6) is 0.681. The maximum atomic E-state index is 3.48. The first-order valence-electron chi connectivity index (χ1n) is 5.18. The summed E-state index contributed by atoms with van der Waals surface area (Å²) in [6.07, 6.45) is 2.41. The van der Waals surface area contributed by atoms with E-state index in [4.69, 9.17) is 0 Å². The van der Waals surface area contributed by atoms with E-state index >= 15 is 0 Å². The first-order chi connectivity index (χ1) is 6.33. The van der Waals surface area contributed by atoms with E-state index in [1.807, 2.05) is 0 Å². The normalized spacial score (nSPS) is 16.5. The summed E-state index contributed by atoms with van der Waals surface area (Å²) in [7, 11) is 0. The smallest absolute Gasteiger partial charge is 0.0408 e. The van der Waals surface area contributed by atoms with Crippen LogP contribution in [0.1, 0.15) is 37.3 Å². The molecule has 1 aliphatic heterocycles. The average molecular weight is 175 g/mol. The van der Waals surface area contributed by atoms with Gasteiger partial charge < -0.3 is 5.32 Å². The maximum absolute atomic E-state index is 3.48. The van der Waals surface area contributed by atoms with Gasteiger partial charge in [0.2, 0.25) is 0 Å². The fourth-order valence-corrected chi connectivity index (χ4v) is 2.00. The minimum Gasteiger partial charge on any atom is -0.384 e. The molecule has 1 nitrogen and oxygen atoms in total. The van der Waals surface area contributed by atoms with Crippen molar-refractivity contribution in [1.29, 1.82) is 0 Å². The van der Waals surface area contributed by atoms with Crippen LogP contribution in [-0.4, -0.2) is 6.54 Å². The van der Waals surface area contributed by atoms with E-state index in [2.05, 4.69) is 37.4 Å². The molecule has 1 unspecified atom stereocenters. The zero-order valence-corrected chi connectivity index (χ0v) is 8.43. The molecule has 1 atom stereocenters. The molecule has 0 saturated heterocycles. The summed E-state index contributed by atoms with van der Waals surface area (Å²) in [5, 5.41) is 3.48. The first-order valence-corrected chi connectivity index (χ1v) is 5.18. The molecule has 1 N–H and O–H groups in total. The van der Waals surface area contributed by atoms with Gasteiger partial charge in [-0.05, 0) is 29.9 Å². The Morgan fingerprint density at radius 1 is 1.46 bits per heavy atom. The van der Waals surface area contributed by atoms with Crippen LogP contribution >= 0.6 is 0 Å². The fourth-order valence-electron chi connectivity index (χ4n) is 2.00. The van der Waals surface area contributed by atoms with Crippen LogP contribution < -0.4 is 5.32 Å². The molecule has 0 aliphatic carbocycles.